The first-order chi connectivity index (χ1) is 12.3. The fraction of sp³-hybridized carbons (Fsp3) is 0.300. The van der Waals surface area contributed by atoms with Crippen LogP contribution in [-0.4, -0.2) is 21.4 Å². The number of likely N-dealkylation sites (tertiary alicyclic amines) is 1. The lowest BCUT2D eigenvalue weighted by Crippen LogP contribution is -2.24. The van der Waals surface area contributed by atoms with Crippen LogP contribution in [0.2, 0.25) is 0 Å². The molecule has 3 heterocycles. The molecule has 0 spiro atoms. The maximum Gasteiger partial charge on any atom is 0.188 e. The van der Waals surface area contributed by atoms with Gasteiger partial charge in [0.15, 0.2) is 5.13 Å². The van der Waals surface area contributed by atoms with Gasteiger partial charge in [0.25, 0.3) is 0 Å². The summed E-state index contributed by atoms with van der Waals surface area (Å²) in [4.78, 5) is 11.7. The Bertz CT molecular complexity index is 831. The molecule has 2 aromatic heterocycles. The molecule has 25 heavy (non-hydrogen) atoms. The SMILES string of the molecule is Cc1ccccc1CN1CCC[C@@H]1c1cccc(Nc2nccs2)n1. The number of hydrogen-bond donors (Lipinski definition) is 1. The van der Waals surface area contributed by atoms with Gasteiger partial charge >= 0.3 is 0 Å². The average Bonchev–Trinajstić information content (AvgIpc) is 3.29. The predicted molar refractivity (Wildman–Crippen MR) is 103 cm³/mol. The van der Waals surface area contributed by atoms with Crippen molar-refractivity contribution in [1.82, 2.24) is 14.9 Å². The molecule has 1 aliphatic rings. The van der Waals surface area contributed by atoms with E-state index < -0.39 is 0 Å². The van der Waals surface area contributed by atoms with Crippen LogP contribution in [0.15, 0.2) is 54.0 Å². The third-order valence-electron chi connectivity index (χ3n) is 4.78. The molecule has 1 fully saturated rings. The largest absolute Gasteiger partial charge is 0.316 e. The van der Waals surface area contributed by atoms with Gasteiger partial charge < -0.3 is 5.32 Å². The third kappa shape index (κ3) is 3.72. The number of aromatic nitrogens is 2. The van der Waals surface area contributed by atoms with Crippen LogP contribution in [0.5, 0.6) is 0 Å². The minimum atomic E-state index is 0.387. The number of thiazole rings is 1. The Hall–Kier alpha value is -2.24. The molecule has 0 radical (unpaired) electrons. The van der Waals surface area contributed by atoms with Gasteiger partial charge in [0, 0.05) is 18.1 Å². The highest BCUT2D eigenvalue weighted by Gasteiger charge is 2.27. The molecule has 4 nitrogen and oxygen atoms in total. The van der Waals surface area contributed by atoms with Gasteiger partial charge in [-0.2, -0.15) is 0 Å². The lowest BCUT2D eigenvalue weighted by molar-refractivity contribution is 0.244. The third-order valence-corrected chi connectivity index (χ3v) is 5.47. The number of hydrogen-bond acceptors (Lipinski definition) is 5. The van der Waals surface area contributed by atoms with Gasteiger partial charge in [-0.1, -0.05) is 30.3 Å². The summed E-state index contributed by atoms with van der Waals surface area (Å²) < 4.78 is 0. The molecule has 0 unspecified atom stereocenters. The summed E-state index contributed by atoms with van der Waals surface area (Å²) in [5, 5.41) is 6.15. The van der Waals surface area contributed by atoms with Crippen LogP contribution in [0.3, 0.4) is 0 Å². The summed E-state index contributed by atoms with van der Waals surface area (Å²) in [7, 11) is 0. The Kier molecular flexibility index (Phi) is 4.76. The zero-order chi connectivity index (χ0) is 17.1. The van der Waals surface area contributed by atoms with Crippen LogP contribution >= 0.6 is 11.3 Å². The Balaban J connectivity index is 1.53. The summed E-state index contributed by atoms with van der Waals surface area (Å²) >= 11 is 1.59. The first kappa shape index (κ1) is 16.2. The van der Waals surface area contributed by atoms with Gasteiger partial charge in [0.05, 0.1) is 11.7 Å². The maximum absolute atomic E-state index is 4.86. The van der Waals surface area contributed by atoms with Crippen molar-refractivity contribution >= 4 is 22.3 Å². The van der Waals surface area contributed by atoms with Crippen LogP contribution in [0, 0.1) is 6.92 Å². The summed E-state index contributed by atoms with van der Waals surface area (Å²) in [6, 6.07) is 15.3. The standard InChI is InChI=1S/C20H22N4S/c1-15-6-2-3-7-16(15)14-24-12-5-9-18(24)17-8-4-10-19(22-17)23-20-21-11-13-25-20/h2-4,6-8,10-11,13,18H,5,9,12,14H2,1H3,(H,21,22,23)/t18-/m1/s1. The second kappa shape index (κ2) is 7.33. The molecular formula is C20H22N4S. The molecule has 0 amide bonds. The molecule has 0 saturated carbocycles. The first-order valence-corrected chi connectivity index (χ1v) is 9.59. The van der Waals surface area contributed by atoms with E-state index in [1.807, 2.05) is 11.4 Å². The molecule has 1 saturated heterocycles. The zero-order valence-corrected chi connectivity index (χ0v) is 15.2. The van der Waals surface area contributed by atoms with E-state index in [4.69, 9.17) is 4.98 Å². The Labute approximate surface area is 152 Å². The lowest BCUT2D eigenvalue weighted by atomic mass is 10.1. The highest BCUT2D eigenvalue weighted by molar-refractivity contribution is 7.13. The monoisotopic (exact) mass is 350 g/mol. The van der Waals surface area contributed by atoms with E-state index in [1.54, 1.807) is 17.5 Å². The van der Waals surface area contributed by atoms with Crippen molar-refractivity contribution in [2.45, 2.75) is 32.4 Å². The van der Waals surface area contributed by atoms with Crippen LogP contribution in [0.4, 0.5) is 10.9 Å². The normalized spacial score (nSPS) is 17.7. The number of aryl methyl sites for hydroxylation is 1. The van der Waals surface area contributed by atoms with Crippen molar-refractivity contribution in [3.8, 4) is 0 Å². The van der Waals surface area contributed by atoms with Crippen LogP contribution in [0.1, 0.15) is 35.7 Å². The predicted octanol–water partition coefficient (Wildman–Crippen LogP) is 4.93. The molecule has 1 aromatic carbocycles. The molecule has 4 rings (SSSR count). The molecule has 0 aliphatic carbocycles. The van der Waals surface area contributed by atoms with E-state index in [-0.39, 0.29) is 0 Å². The lowest BCUT2D eigenvalue weighted by Gasteiger charge is -2.25. The van der Waals surface area contributed by atoms with Gasteiger partial charge in [0.2, 0.25) is 0 Å². The highest BCUT2D eigenvalue weighted by Crippen LogP contribution is 2.33. The number of benzene rings is 1. The van der Waals surface area contributed by atoms with Crippen LogP contribution < -0.4 is 5.32 Å². The van der Waals surface area contributed by atoms with Gasteiger partial charge in [-0.3, -0.25) is 4.90 Å². The number of anilines is 2. The number of nitrogens with zero attached hydrogens (tertiary/aromatic N) is 3. The van der Waals surface area contributed by atoms with E-state index in [9.17, 15) is 0 Å². The molecule has 128 valence electrons. The summed E-state index contributed by atoms with van der Waals surface area (Å²) in [6.07, 6.45) is 4.19. The van der Waals surface area contributed by atoms with Crippen LogP contribution in [0.25, 0.3) is 0 Å². The second-order valence-corrected chi connectivity index (χ2v) is 7.36. The number of rotatable bonds is 5. The molecule has 1 N–H and O–H groups in total. The van der Waals surface area contributed by atoms with Crippen molar-refractivity contribution in [2.75, 3.05) is 11.9 Å². The van der Waals surface area contributed by atoms with Gasteiger partial charge in [-0.15, -0.1) is 11.3 Å². The Morgan fingerprint density at radius 3 is 2.96 bits per heavy atom. The fourth-order valence-corrected chi connectivity index (χ4v) is 3.99. The van der Waals surface area contributed by atoms with E-state index >= 15 is 0 Å². The van der Waals surface area contributed by atoms with E-state index in [0.717, 1.165) is 29.7 Å². The summed E-state index contributed by atoms with van der Waals surface area (Å²) in [5.41, 5.74) is 3.92. The number of nitrogens with one attached hydrogen (secondary N) is 1. The zero-order valence-electron chi connectivity index (χ0n) is 14.4. The quantitative estimate of drug-likeness (QED) is 0.708. The molecule has 0 bridgehead atoms. The second-order valence-electron chi connectivity index (χ2n) is 6.46. The minimum Gasteiger partial charge on any atom is -0.316 e. The van der Waals surface area contributed by atoms with E-state index in [2.05, 4.69) is 58.5 Å². The molecule has 3 aromatic rings. The highest BCUT2D eigenvalue weighted by atomic mass is 32.1. The molecular weight excluding hydrogens is 328 g/mol. The maximum atomic E-state index is 4.86. The molecule has 1 aliphatic heterocycles. The van der Waals surface area contributed by atoms with E-state index in [0.29, 0.717) is 6.04 Å². The molecule has 5 heteroatoms. The van der Waals surface area contributed by atoms with Gasteiger partial charge in [-0.25, -0.2) is 9.97 Å². The van der Waals surface area contributed by atoms with Crippen molar-refractivity contribution < 1.29 is 0 Å². The van der Waals surface area contributed by atoms with Crippen molar-refractivity contribution in [1.29, 1.82) is 0 Å². The van der Waals surface area contributed by atoms with E-state index in [1.165, 1.54) is 24.0 Å². The minimum absolute atomic E-state index is 0.387. The van der Waals surface area contributed by atoms with Gasteiger partial charge in [-0.05, 0) is 49.6 Å². The van der Waals surface area contributed by atoms with Crippen molar-refractivity contribution in [2.24, 2.45) is 0 Å². The fourth-order valence-electron chi connectivity index (χ4n) is 3.46. The summed E-state index contributed by atoms with van der Waals surface area (Å²) in [5.74, 6) is 0.871. The molecule has 1 atom stereocenters. The van der Waals surface area contributed by atoms with Gasteiger partial charge in [0.1, 0.15) is 5.82 Å². The van der Waals surface area contributed by atoms with Crippen LogP contribution in [-0.2, 0) is 6.54 Å². The average molecular weight is 350 g/mol. The Morgan fingerprint density at radius 1 is 1.20 bits per heavy atom. The topological polar surface area (TPSA) is 41.0 Å². The van der Waals surface area contributed by atoms with Crippen molar-refractivity contribution in [3.05, 3.63) is 70.9 Å². The van der Waals surface area contributed by atoms with Crippen molar-refractivity contribution in [3.63, 3.8) is 0 Å². The summed E-state index contributed by atoms with van der Waals surface area (Å²) in [6.45, 7) is 4.31. The Morgan fingerprint density at radius 2 is 2.12 bits per heavy atom. The number of pyridine rings is 1. The smallest absolute Gasteiger partial charge is 0.188 e. The first-order valence-electron chi connectivity index (χ1n) is 8.71.